The van der Waals surface area contributed by atoms with Crippen LogP contribution in [0.3, 0.4) is 0 Å². The third-order valence-corrected chi connectivity index (χ3v) is 14.5. The Balaban J connectivity index is 0.945. The number of hydrogen-bond donors (Lipinski definition) is 0. The summed E-state index contributed by atoms with van der Waals surface area (Å²) in [5.41, 5.74) is 9.75. The van der Waals surface area contributed by atoms with E-state index in [-0.39, 0.29) is 0 Å². The molecule has 3 aromatic heterocycles. The molecule has 0 spiro atoms. The first-order chi connectivity index (χ1) is 34.7. The van der Waals surface area contributed by atoms with Crippen molar-refractivity contribution in [1.29, 1.82) is 0 Å². The fourth-order valence-electron chi connectivity index (χ4n) is 11.3. The number of para-hydroxylation sites is 2. The predicted molar refractivity (Wildman–Crippen MR) is 292 cm³/mol. The van der Waals surface area contributed by atoms with Gasteiger partial charge < -0.3 is 9.13 Å². The third kappa shape index (κ3) is 5.82. The zero-order valence-corrected chi connectivity index (χ0v) is 37.8. The number of nitrogens with zero attached hydrogens (tertiary/aromatic N) is 5. The maximum absolute atomic E-state index is 5.24. The van der Waals surface area contributed by atoms with Gasteiger partial charge in [0.1, 0.15) is 0 Å². The van der Waals surface area contributed by atoms with Crippen molar-refractivity contribution in [3.05, 3.63) is 237 Å². The largest absolute Gasteiger partial charge is 0.309 e. The molecular formula is C65H39N5. The van der Waals surface area contributed by atoms with Gasteiger partial charge in [0.05, 0.1) is 27.8 Å². The van der Waals surface area contributed by atoms with E-state index < -0.39 is 0 Å². The smallest absolute Gasteiger partial charge is 0.164 e. The lowest BCUT2D eigenvalue weighted by Crippen LogP contribution is -2.00. The number of fused-ring (bicyclic) bond motifs is 13. The van der Waals surface area contributed by atoms with Crippen molar-refractivity contribution in [2.75, 3.05) is 0 Å². The molecule has 3 heterocycles. The molecule has 0 amide bonds. The minimum Gasteiger partial charge on any atom is -0.309 e. The summed E-state index contributed by atoms with van der Waals surface area (Å²) in [5.74, 6) is 1.90. The van der Waals surface area contributed by atoms with Gasteiger partial charge in [-0.3, -0.25) is 0 Å². The Hall–Kier alpha value is -9.45. The van der Waals surface area contributed by atoms with Gasteiger partial charge in [-0.2, -0.15) is 0 Å². The highest BCUT2D eigenvalue weighted by Gasteiger charge is 2.23. The Labute approximate surface area is 401 Å². The monoisotopic (exact) mass is 889 g/mol. The number of aromatic nitrogens is 5. The first-order valence-corrected chi connectivity index (χ1v) is 23.8. The van der Waals surface area contributed by atoms with Gasteiger partial charge in [-0.25, -0.2) is 15.0 Å². The van der Waals surface area contributed by atoms with Crippen molar-refractivity contribution in [2.24, 2.45) is 0 Å². The molecule has 0 radical (unpaired) electrons. The first kappa shape index (κ1) is 38.6. The zero-order chi connectivity index (χ0) is 45.9. The molecule has 0 saturated carbocycles. The van der Waals surface area contributed by atoms with E-state index in [9.17, 15) is 0 Å². The summed E-state index contributed by atoms with van der Waals surface area (Å²) in [4.78, 5) is 15.5. The molecule has 0 aliphatic carbocycles. The minimum atomic E-state index is 0.626. The van der Waals surface area contributed by atoms with Gasteiger partial charge in [-0.15, -0.1) is 0 Å². The van der Waals surface area contributed by atoms with Crippen LogP contribution in [0, 0.1) is 0 Å². The van der Waals surface area contributed by atoms with Crippen LogP contribution >= 0.6 is 0 Å². The van der Waals surface area contributed by atoms with Crippen molar-refractivity contribution in [1.82, 2.24) is 24.1 Å². The standard InChI is InChI=1S/C65H39N5/c1-2-16-44(17-3-1)63-66-64(68-65(67-63)47-31-29-43-28-27-41-14-4-7-19-50(41)55(43)38-47)46-30-26-40-32-34-49(37-48(40)36-46)69-56-24-12-11-23-54(56)61-59(69)39-45-18-6-9-21-52(45)62(61)70-57-25-13-10-22-53(57)60-51-20-8-5-15-42(51)33-35-58(60)70/h1-39H. The topological polar surface area (TPSA) is 48.5 Å². The van der Waals surface area contributed by atoms with Gasteiger partial charge in [0.15, 0.2) is 17.5 Å². The Morgan fingerprint density at radius 1 is 0.243 bits per heavy atom. The van der Waals surface area contributed by atoms with Crippen molar-refractivity contribution in [3.63, 3.8) is 0 Å². The number of benzene rings is 12. The average molecular weight is 890 g/mol. The van der Waals surface area contributed by atoms with Crippen molar-refractivity contribution in [2.45, 2.75) is 0 Å². The molecule has 0 saturated heterocycles. The summed E-state index contributed by atoms with van der Waals surface area (Å²) in [6.07, 6.45) is 0. The van der Waals surface area contributed by atoms with Gasteiger partial charge in [-0.1, -0.05) is 188 Å². The van der Waals surface area contributed by atoms with Crippen LogP contribution in [0.4, 0.5) is 0 Å². The van der Waals surface area contributed by atoms with E-state index in [0.29, 0.717) is 17.5 Å². The Kier molecular flexibility index (Phi) is 8.29. The van der Waals surface area contributed by atoms with Gasteiger partial charge in [0, 0.05) is 49.3 Å². The summed E-state index contributed by atoms with van der Waals surface area (Å²) in [7, 11) is 0. The molecular weight excluding hydrogens is 851 g/mol. The molecule has 324 valence electrons. The van der Waals surface area contributed by atoms with E-state index in [0.717, 1.165) is 44.2 Å². The first-order valence-electron chi connectivity index (χ1n) is 23.8. The zero-order valence-electron chi connectivity index (χ0n) is 37.8. The van der Waals surface area contributed by atoms with E-state index in [1.807, 2.05) is 18.2 Å². The third-order valence-electron chi connectivity index (χ3n) is 14.5. The van der Waals surface area contributed by atoms with E-state index in [1.165, 1.54) is 81.4 Å². The molecule has 12 aromatic carbocycles. The second-order valence-corrected chi connectivity index (χ2v) is 18.4. The van der Waals surface area contributed by atoms with Crippen LogP contribution in [0.1, 0.15) is 0 Å². The van der Waals surface area contributed by atoms with E-state index in [1.54, 1.807) is 0 Å². The van der Waals surface area contributed by atoms with Crippen molar-refractivity contribution < 1.29 is 0 Å². The molecule has 0 atom stereocenters. The normalized spacial score (nSPS) is 12.0. The van der Waals surface area contributed by atoms with E-state index in [4.69, 9.17) is 15.0 Å². The predicted octanol–water partition coefficient (Wildman–Crippen LogP) is 16.8. The fourth-order valence-corrected chi connectivity index (χ4v) is 11.3. The van der Waals surface area contributed by atoms with Crippen LogP contribution in [0.15, 0.2) is 237 Å². The molecule has 15 rings (SSSR count). The highest BCUT2D eigenvalue weighted by atomic mass is 15.0. The molecule has 70 heavy (non-hydrogen) atoms. The lowest BCUT2D eigenvalue weighted by Gasteiger charge is -2.16. The minimum absolute atomic E-state index is 0.626. The van der Waals surface area contributed by atoms with Gasteiger partial charge >= 0.3 is 0 Å². The highest BCUT2D eigenvalue weighted by Crippen LogP contribution is 2.45. The summed E-state index contributed by atoms with van der Waals surface area (Å²) in [6.45, 7) is 0. The number of rotatable bonds is 5. The quantitative estimate of drug-likeness (QED) is 0.162. The molecule has 0 N–H and O–H groups in total. The number of hydrogen-bond acceptors (Lipinski definition) is 3. The van der Waals surface area contributed by atoms with Crippen LogP contribution in [0.2, 0.25) is 0 Å². The summed E-state index contributed by atoms with van der Waals surface area (Å²) < 4.78 is 4.98. The molecule has 0 bridgehead atoms. The highest BCUT2D eigenvalue weighted by molar-refractivity contribution is 6.25. The van der Waals surface area contributed by atoms with E-state index >= 15 is 0 Å². The van der Waals surface area contributed by atoms with Crippen LogP contribution in [-0.4, -0.2) is 24.1 Å². The SMILES string of the molecule is c1ccc(-c2nc(-c3ccc4ccc(-n5c6ccccc6c6c(-n7c8ccccc8c8c9ccccc9ccc87)c7ccccc7cc65)cc4c3)nc(-c3ccc4ccc5ccccc5c4c3)n2)cc1. The summed E-state index contributed by atoms with van der Waals surface area (Å²) >= 11 is 0. The maximum atomic E-state index is 5.24. The lowest BCUT2D eigenvalue weighted by molar-refractivity contribution is 1.07. The Bertz CT molecular complexity index is 4660. The second kappa shape index (κ2) is 15.0. The average Bonchev–Trinajstić information content (AvgIpc) is 3.95. The van der Waals surface area contributed by atoms with Crippen molar-refractivity contribution >= 4 is 97.5 Å². The second-order valence-electron chi connectivity index (χ2n) is 18.4. The summed E-state index contributed by atoms with van der Waals surface area (Å²) in [5, 5.41) is 16.8. The van der Waals surface area contributed by atoms with Crippen LogP contribution in [0.25, 0.3) is 143 Å². The van der Waals surface area contributed by atoms with Crippen LogP contribution < -0.4 is 0 Å². The van der Waals surface area contributed by atoms with Crippen LogP contribution in [0.5, 0.6) is 0 Å². The molecule has 5 heteroatoms. The molecule has 0 fully saturated rings. The maximum Gasteiger partial charge on any atom is 0.164 e. The van der Waals surface area contributed by atoms with Gasteiger partial charge in [0.25, 0.3) is 0 Å². The van der Waals surface area contributed by atoms with Gasteiger partial charge in [0.2, 0.25) is 0 Å². The molecule has 5 nitrogen and oxygen atoms in total. The van der Waals surface area contributed by atoms with E-state index in [2.05, 4.69) is 228 Å². The Morgan fingerprint density at radius 3 is 1.51 bits per heavy atom. The molecule has 0 aliphatic heterocycles. The molecule has 0 unspecified atom stereocenters. The Morgan fingerprint density at radius 2 is 0.757 bits per heavy atom. The fraction of sp³-hybridized carbons (Fsp3) is 0. The van der Waals surface area contributed by atoms with Crippen molar-refractivity contribution in [3.8, 4) is 45.5 Å². The lowest BCUT2D eigenvalue weighted by atomic mass is 10.00. The summed E-state index contributed by atoms with van der Waals surface area (Å²) in [6, 6.07) is 85.4. The van der Waals surface area contributed by atoms with Gasteiger partial charge in [-0.05, 0) is 97.0 Å². The van der Waals surface area contributed by atoms with Crippen LogP contribution in [-0.2, 0) is 0 Å². The molecule has 15 aromatic rings. The molecule has 0 aliphatic rings.